The summed E-state index contributed by atoms with van der Waals surface area (Å²) in [6.07, 6.45) is 0. The van der Waals surface area contributed by atoms with E-state index in [4.69, 9.17) is 19.4 Å². The van der Waals surface area contributed by atoms with E-state index in [-0.39, 0.29) is 0 Å². The summed E-state index contributed by atoms with van der Waals surface area (Å²) in [6, 6.07) is 49.4. The lowest BCUT2D eigenvalue weighted by molar-refractivity contribution is 0.620. The molecule has 6 aromatic carbocycles. The topological polar surface area (TPSA) is 74.6 Å². The summed E-state index contributed by atoms with van der Waals surface area (Å²) in [7, 11) is 0. The number of nitrogens with zero attached hydrogens (tertiary/aromatic N) is 6. The van der Waals surface area contributed by atoms with Crippen LogP contribution in [0.15, 0.2) is 150 Å². The molecule has 10 aromatic rings. The average Bonchev–Trinajstić information content (AvgIpc) is 3.82. The van der Waals surface area contributed by atoms with Gasteiger partial charge >= 0.3 is 0 Å². The van der Waals surface area contributed by atoms with Gasteiger partial charge in [0.1, 0.15) is 5.52 Å². The van der Waals surface area contributed by atoms with Crippen LogP contribution in [-0.4, -0.2) is 29.1 Å². The summed E-state index contributed by atoms with van der Waals surface area (Å²) >= 11 is 0. The first-order valence-electron chi connectivity index (χ1n) is 15.5. The van der Waals surface area contributed by atoms with Crippen molar-refractivity contribution in [2.45, 2.75) is 0 Å². The monoisotopic (exact) mass is 604 g/mol. The van der Waals surface area contributed by atoms with Crippen LogP contribution in [0.3, 0.4) is 0 Å². The fraction of sp³-hybridized carbons (Fsp3) is 0. The second-order valence-corrected chi connectivity index (χ2v) is 11.6. The molecule has 0 bridgehead atoms. The minimum Gasteiger partial charge on any atom is -0.436 e. The maximum absolute atomic E-state index is 6.04. The van der Waals surface area contributed by atoms with E-state index < -0.39 is 0 Å². The Bertz CT molecular complexity index is 2530. The van der Waals surface area contributed by atoms with E-state index in [0.717, 1.165) is 65.8 Å². The van der Waals surface area contributed by atoms with Gasteiger partial charge in [-0.25, -0.2) is 4.98 Å². The minimum absolute atomic E-state index is 0.548. The van der Waals surface area contributed by atoms with Gasteiger partial charge in [0.15, 0.2) is 11.4 Å². The van der Waals surface area contributed by atoms with E-state index in [1.807, 2.05) is 48.5 Å². The molecule has 0 N–H and O–H groups in total. The van der Waals surface area contributed by atoms with Crippen molar-refractivity contribution in [3.8, 4) is 34.7 Å². The highest BCUT2D eigenvalue weighted by atomic mass is 16.3. The summed E-state index contributed by atoms with van der Waals surface area (Å²) in [5.74, 6) is 2.24. The highest BCUT2D eigenvalue weighted by Gasteiger charge is 2.20. The standard InChI is InChI=1S/C40H24N6O/c1-6-16-32-27(11-1)28-12-2-7-17-33(28)45(32)39-42-37(25-21-23-26(24-22-25)38-41-31-15-5-10-20-36(31)47-38)43-40(44-39)46-34-18-8-3-13-29(34)30-14-4-9-19-35(30)46/h1-24H. The van der Waals surface area contributed by atoms with Crippen LogP contribution in [0.4, 0.5) is 0 Å². The van der Waals surface area contributed by atoms with Gasteiger partial charge in [0, 0.05) is 32.7 Å². The summed E-state index contributed by atoms with van der Waals surface area (Å²) in [5, 5.41) is 4.58. The molecule has 0 saturated heterocycles. The van der Waals surface area contributed by atoms with Crippen LogP contribution >= 0.6 is 0 Å². The summed E-state index contributed by atoms with van der Waals surface area (Å²) in [4.78, 5) is 20.2. The first-order valence-corrected chi connectivity index (χ1v) is 15.5. The Balaban J connectivity index is 1.23. The number of fused-ring (bicyclic) bond motifs is 7. The highest BCUT2D eigenvalue weighted by Crippen LogP contribution is 2.34. The molecule has 0 amide bonds. The van der Waals surface area contributed by atoms with Crippen molar-refractivity contribution < 1.29 is 4.42 Å². The van der Waals surface area contributed by atoms with Crippen LogP contribution in [0.5, 0.6) is 0 Å². The molecule has 10 rings (SSSR count). The number of para-hydroxylation sites is 6. The SMILES string of the molecule is c1ccc2oc(-c3ccc(-c4nc(-n5c6ccccc6c6ccccc65)nc(-n5c6ccccc6c6ccccc65)n4)cc3)nc2c1. The van der Waals surface area contributed by atoms with Crippen LogP contribution in [-0.2, 0) is 0 Å². The van der Waals surface area contributed by atoms with Crippen LogP contribution in [0, 0.1) is 0 Å². The highest BCUT2D eigenvalue weighted by molar-refractivity contribution is 6.10. The third-order valence-corrected chi connectivity index (χ3v) is 8.86. The lowest BCUT2D eigenvalue weighted by atomic mass is 10.1. The zero-order valence-electron chi connectivity index (χ0n) is 24.9. The smallest absolute Gasteiger partial charge is 0.240 e. The molecule has 47 heavy (non-hydrogen) atoms. The number of hydrogen-bond acceptors (Lipinski definition) is 5. The molecule has 7 nitrogen and oxygen atoms in total. The van der Waals surface area contributed by atoms with Gasteiger partial charge in [-0.3, -0.25) is 9.13 Å². The maximum Gasteiger partial charge on any atom is 0.240 e. The van der Waals surface area contributed by atoms with Crippen molar-refractivity contribution in [3.05, 3.63) is 146 Å². The first kappa shape index (κ1) is 25.7. The molecule has 0 unspecified atom stereocenters. The van der Waals surface area contributed by atoms with E-state index in [1.165, 1.54) is 0 Å². The fourth-order valence-corrected chi connectivity index (χ4v) is 6.72. The van der Waals surface area contributed by atoms with Gasteiger partial charge in [-0.2, -0.15) is 15.0 Å². The van der Waals surface area contributed by atoms with Crippen molar-refractivity contribution in [2.24, 2.45) is 0 Å². The summed E-state index contributed by atoms with van der Waals surface area (Å²) in [5.41, 5.74) is 7.46. The van der Waals surface area contributed by atoms with E-state index in [0.29, 0.717) is 23.6 Å². The predicted octanol–water partition coefficient (Wildman–Crippen LogP) is 9.54. The minimum atomic E-state index is 0.548. The molecule has 4 heterocycles. The lowest BCUT2D eigenvalue weighted by Crippen LogP contribution is -2.10. The first-order chi connectivity index (χ1) is 23.3. The number of oxazole rings is 1. The quantitative estimate of drug-likeness (QED) is 0.200. The molecule has 7 heteroatoms. The second kappa shape index (κ2) is 9.95. The molecular formula is C40H24N6O. The van der Waals surface area contributed by atoms with Gasteiger partial charge in [0.2, 0.25) is 17.8 Å². The number of rotatable bonds is 4. The molecule has 0 saturated carbocycles. The van der Waals surface area contributed by atoms with Crippen LogP contribution in [0.2, 0.25) is 0 Å². The van der Waals surface area contributed by atoms with Gasteiger partial charge in [-0.1, -0.05) is 97.1 Å². The molecule has 4 aromatic heterocycles. The van der Waals surface area contributed by atoms with Crippen molar-refractivity contribution in [2.75, 3.05) is 0 Å². The van der Waals surface area contributed by atoms with Crippen LogP contribution in [0.1, 0.15) is 0 Å². The third-order valence-electron chi connectivity index (χ3n) is 8.86. The molecular weight excluding hydrogens is 580 g/mol. The molecule has 0 spiro atoms. The molecule has 0 aliphatic carbocycles. The summed E-state index contributed by atoms with van der Waals surface area (Å²) < 4.78 is 10.3. The van der Waals surface area contributed by atoms with Crippen molar-refractivity contribution in [3.63, 3.8) is 0 Å². The average molecular weight is 605 g/mol. The van der Waals surface area contributed by atoms with Gasteiger partial charge in [0.25, 0.3) is 0 Å². The third kappa shape index (κ3) is 3.93. The van der Waals surface area contributed by atoms with Gasteiger partial charge in [-0.05, 0) is 48.5 Å². The van der Waals surface area contributed by atoms with E-state index in [2.05, 4.69) is 111 Å². The Morgan fingerprint density at radius 2 is 0.809 bits per heavy atom. The van der Waals surface area contributed by atoms with Crippen molar-refractivity contribution in [1.82, 2.24) is 29.1 Å². The number of hydrogen-bond donors (Lipinski definition) is 0. The van der Waals surface area contributed by atoms with Gasteiger partial charge in [-0.15, -0.1) is 0 Å². The number of aromatic nitrogens is 6. The molecule has 0 aliphatic rings. The Kier molecular flexibility index (Phi) is 5.44. The zero-order valence-corrected chi connectivity index (χ0v) is 24.9. The Morgan fingerprint density at radius 3 is 1.30 bits per heavy atom. The maximum atomic E-state index is 6.04. The molecule has 220 valence electrons. The number of benzene rings is 6. The Morgan fingerprint density at radius 1 is 0.383 bits per heavy atom. The normalized spacial score (nSPS) is 11.8. The van der Waals surface area contributed by atoms with E-state index >= 15 is 0 Å². The Hall–Kier alpha value is -6.60. The van der Waals surface area contributed by atoms with Gasteiger partial charge < -0.3 is 4.42 Å². The van der Waals surface area contributed by atoms with Crippen LogP contribution < -0.4 is 0 Å². The largest absolute Gasteiger partial charge is 0.436 e. The van der Waals surface area contributed by atoms with Crippen molar-refractivity contribution in [1.29, 1.82) is 0 Å². The molecule has 0 aliphatic heterocycles. The Labute approximate surface area is 268 Å². The summed E-state index contributed by atoms with van der Waals surface area (Å²) in [6.45, 7) is 0. The predicted molar refractivity (Wildman–Crippen MR) is 187 cm³/mol. The van der Waals surface area contributed by atoms with Crippen molar-refractivity contribution >= 4 is 54.7 Å². The zero-order chi connectivity index (χ0) is 30.9. The molecule has 0 radical (unpaired) electrons. The second-order valence-electron chi connectivity index (χ2n) is 11.6. The fourth-order valence-electron chi connectivity index (χ4n) is 6.72. The van der Waals surface area contributed by atoms with Gasteiger partial charge in [0.05, 0.1) is 22.1 Å². The van der Waals surface area contributed by atoms with Crippen LogP contribution in [0.25, 0.3) is 89.5 Å². The van der Waals surface area contributed by atoms with E-state index in [9.17, 15) is 0 Å². The lowest BCUT2D eigenvalue weighted by Gasteiger charge is -2.12. The van der Waals surface area contributed by atoms with E-state index in [1.54, 1.807) is 0 Å². The molecule has 0 atom stereocenters. The molecule has 0 fully saturated rings.